The van der Waals surface area contributed by atoms with Gasteiger partial charge in [-0.1, -0.05) is 12.5 Å². The summed E-state index contributed by atoms with van der Waals surface area (Å²) in [7, 11) is -3.40. The molecule has 3 rings (SSSR count). The average Bonchev–Trinajstić information content (AvgIpc) is 2.47. The van der Waals surface area contributed by atoms with Gasteiger partial charge in [0.15, 0.2) is 0 Å². The second kappa shape index (κ2) is 5.42. The number of nitrogens with zero attached hydrogens (tertiary/aromatic N) is 2. The van der Waals surface area contributed by atoms with Gasteiger partial charge in [0.1, 0.15) is 5.82 Å². The molecular formula is C14H19FN2O2S. The molecule has 1 saturated heterocycles. The number of hydrogen-bond acceptors (Lipinski definition) is 2. The van der Waals surface area contributed by atoms with Crippen LogP contribution in [0.1, 0.15) is 30.4 Å². The highest BCUT2D eigenvalue weighted by Crippen LogP contribution is 2.25. The molecule has 0 unspecified atom stereocenters. The van der Waals surface area contributed by atoms with Crippen molar-refractivity contribution < 1.29 is 12.8 Å². The van der Waals surface area contributed by atoms with E-state index >= 15 is 0 Å². The molecule has 1 aromatic carbocycles. The van der Waals surface area contributed by atoms with Gasteiger partial charge >= 0.3 is 0 Å². The van der Waals surface area contributed by atoms with Crippen molar-refractivity contribution in [3.63, 3.8) is 0 Å². The standard InChI is InChI=1S/C14H19FN2O2S/c15-14-5-4-12-6-9-17(11-13(12)10-14)20(18,19)16-7-2-1-3-8-16/h4-5,10H,1-3,6-9,11H2. The summed E-state index contributed by atoms with van der Waals surface area (Å²) in [5, 5.41) is 0. The van der Waals surface area contributed by atoms with E-state index in [0.717, 1.165) is 30.4 Å². The van der Waals surface area contributed by atoms with Gasteiger partial charge in [0, 0.05) is 26.2 Å². The Kier molecular flexibility index (Phi) is 3.79. The molecule has 0 radical (unpaired) electrons. The number of halogens is 1. The first kappa shape index (κ1) is 14.0. The van der Waals surface area contributed by atoms with E-state index < -0.39 is 10.2 Å². The second-order valence-electron chi connectivity index (χ2n) is 5.46. The fourth-order valence-electron chi connectivity index (χ4n) is 2.96. The predicted molar refractivity (Wildman–Crippen MR) is 74.9 cm³/mol. The van der Waals surface area contributed by atoms with Crippen LogP contribution in [0.25, 0.3) is 0 Å². The van der Waals surface area contributed by atoms with Crippen LogP contribution in [-0.2, 0) is 23.2 Å². The van der Waals surface area contributed by atoms with Crippen LogP contribution in [0, 0.1) is 5.82 Å². The minimum absolute atomic E-state index is 0.284. The summed E-state index contributed by atoms with van der Waals surface area (Å²) in [6.45, 7) is 1.98. The van der Waals surface area contributed by atoms with E-state index in [1.165, 1.54) is 16.4 Å². The molecule has 1 aromatic rings. The van der Waals surface area contributed by atoms with Crippen LogP contribution in [0.5, 0.6) is 0 Å². The number of rotatable bonds is 2. The van der Waals surface area contributed by atoms with Crippen molar-refractivity contribution in [2.45, 2.75) is 32.2 Å². The van der Waals surface area contributed by atoms with E-state index in [1.807, 2.05) is 0 Å². The smallest absolute Gasteiger partial charge is 0.207 e. The molecule has 0 aliphatic carbocycles. The SMILES string of the molecule is O=S(=O)(N1CCCCC1)N1CCc2ccc(F)cc2C1. The Balaban J connectivity index is 1.82. The third-order valence-electron chi connectivity index (χ3n) is 4.11. The lowest BCUT2D eigenvalue weighted by atomic mass is 10.0. The summed E-state index contributed by atoms with van der Waals surface area (Å²) >= 11 is 0. The number of piperidine rings is 1. The number of hydrogen-bond donors (Lipinski definition) is 0. The quantitative estimate of drug-likeness (QED) is 0.837. The number of fused-ring (bicyclic) bond motifs is 1. The monoisotopic (exact) mass is 298 g/mol. The van der Waals surface area contributed by atoms with Crippen molar-refractivity contribution in [1.29, 1.82) is 0 Å². The molecular weight excluding hydrogens is 279 g/mol. The molecule has 110 valence electrons. The Morgan fingerprint density at radius 3 is 2.45 bits per heavy atom. The summed E-state index contributed by atoms with van der Waals surface area (Å²) in [5.41, 5.74) is 1.84. The molecule has 2 aliphatic heterocycles. The summed E-state index contributed by atoms with van der Waals surface area (Å²) in [4.78, 5) is 0. The fraction of sp³-hybridized carbons (Fsp3) is 0.571. The molecule has 0 amide bonds. The molecule has 20 heavy (non-hydrogen) atoms. The third kappa shape index (κ3) is 2.60. The Morgan fingerprint density at radius 2 is 1.70 bits per heavy atom. The Labute approximate surface area is 119 Å². The van der Waals surface area contributed by atoms with Gasteiger partial charge in [-0.15, -0.1) is 0 Å². The summed E-state index contributed by atoms with van der Waals surface area (Å²) in [6, 6.07) is 4.65. The van der Waals surface area contributed by atoms with Gasteiger partial charge < -0.3 is 0 Å². The molecule has 6 heteroatoms. The first-order chi connectivity index (χ1) is 9.57. The highest BCUT2D eigenvalue weighted by Gasteiger charge is 2.32. The molecule has 4 nitrogen and oxygen atoms in total. The molecule has 0 bridgehead atoms. The fourth-order valence-corrected chi connectivity index (χ4v) is 4.63. The van der Waals surface area contributed by atoms with Crippen LogP contribution in [0.2, 0.25) is 0 Å². The maximum atomic E-state index is 13.3. The Morgan fingerprint density at radius 1 is 0.950 bits per heavy atom. The van der Waals surface area contributed by atoms with E-state index in [-0.39, 0.29) is 12.4 Å². The predicted octanol–water partition coefficient (Wildman–Crippen LogP) is 1.91. The van der Waals surface area contributed by atoms with Gasteiger partial charge in [-0.25, -0.2) is 4.39 Å². The molecule has 0 N–H and O–H groups in total. The molecule has 0 saturated carbocycles. The lowest BCUT2D eigenvalue weighted by Gasteiger charge is -2.34. The first-order valence-corrected chi connectivity index (χ1v) is 8.49. The molecule has 1 fully saturated rings. The van der Waals surface area contributed by atoms with Crippen LogP contribution < -0.4 is 0 Å². The zero-order chi connectivity index (χ0) is 14.2. The van der Waals surface area contributed by atoms with Gasteiger partial charge in [0.2, 0.25) is 0 Å². The van der Waals surface area contributed by atoms with Gasteiger partial charge in [-0.3, -0.25) is 0 Å². The van der Waals surface area contributed by atoms with Gasteiger partial charge in [-0.05, 0) is 42.5 Å². The normalized spacial score (nSPS) is 21.6. The molecule has 0 aromatic heterocycles. The van der Waals surface area contributed by atoms with Gasteiger partial charge in [-0.2, -0.15) is 17.0 Å². The molecule has 0 atom stereocenters. The van der Waals surface area contributed by atoms with Crippen LogP contribution >= 0.6 is 0 Å². The lowest BCUT2D eigenvalue weighted by Crippen LogP contribution is -2.47. The first-order valence-electron chi connectivity index (χ1n) is 7.10. The minimum atomic E-state index is -3.40. The van der Waals surface area contributed by atoms with Crippen LogP contribution in [0.15, 0.2) is 18.2 Å². The van der Waals surface area contributed by atoms with Crippen molar-refractivity contribution in [1.82, 2.24) is 8.61 Å². The second-order valence-corrected chi connectivity index (χ2v) is 7.39. The van der Waals surface area contributed by atoms with Crippen molar-refractivity contribution in [2.24, 2.45) is 0 Å². The van der Waals surface area contributed by atoms with E-state index in [0.29, 0.717) is 26.1 Å². The lowest BCUT2D eigenvalue weighted by molar-refractivity contribution is 0.295. The highest BCUT2D eigenvalue weighted by molar-refractivity contribution is 7.86. The molecule has 2 aliphatic rings. The van der Waals surface area contributed by atoms with Crippen molar-refractivity contribution in [3.05, 3.63) is 35.1 Å². The van der Waals surface area contributed by atoms with Crippen LogP contribution in [-0.4, -0.2) is 36.7 Å². The summed E-state index contributed by atoms with van der Waals surface area (Å²) in [5.74, 6) is -0.305. The van der Waals surface area contributed by atoms with E-state index in [1.54, 1.807) is 10.4 Å². The summed E-state index contributed by atoms with van der Waals surface area (Å²) in [6.07, 6.45) is 3.61. The Bertz CT molecular complexity index is 597. The van der Waals surface area contributed by atoms with E-state index in [2.05, 4.69) is 0 Å². The van der Waals surface area contributed by atoms with Crippen LogP contribution in [0.4, 0.5) is 4.39 Å². The van der Waals surface area contributed by atoms with Crippen molar-refractivity contribution in [3.8, 4) is 0 Å². The molecule has 0 spiro atoms. The highest BCUT2D eigenvalue weighted by atomic mass is 32.2. The van der Waals surface area contributed by atoms with E-state index in [4.69, 9.17) is 0 Å². The average molecular weight is 298 g/mol. The number of benzene rings is 1. The van der Waals surface area contributed by atoms with Crippen LogP contribution in [0.3, 0.4) is 0 Å². The van der Waals surface area contributed by atoms with Crippen molar-refractivity contribution in [2.75, 3.05) is 19.6 Å². The third-order valence-corrected chi connectivity index (χ3v) is 6.10. The topological polar surface area (TPSA) is 40.6 Å². The van der Waals surface area contributed by atoms with E-state index in [9.17, 15) is 12.8 Å². The largest absolute Gasteiger partial charge is 0.282 e. The zero-order valence-corrected chi connectivity index (χ0v) is 12.2. The van der Waals surface area contributed by atoms with Gasteiger partial charge in [0.05, 0.1) is 0 Å². The zero-order valence-electron chi connectivity index (χ0n) is 11.4. The Hall–Kier alpha value is -0.980. The maximum Gasteiger partial charge on any atom is 0.282 e. The minimum Gasteiger partial charge on any atom is -0.207 e. The summed E-state index contributed by atoms with van der Waals surface area (Å²) < 4.78 is 41.5. The van der Waals surface area contributed by atoms with Gasteiger partial charge in [0.25, 0.3) is 10.2 Å². The maximum absolute atomic E-state index is 13.3. The van der Waals surface area contributed by atoms with Crippen molar-refractivity contribution >= 4 is 10.2 Å². The molecule has 2 heterocycles.